The molecule has 0 aromatic carbocycles. The van der Waals surface area contributed by atoms with Gasteiger partial charge in [-0.05, 0) is 31.9 Å². The zero-order valence-electron chi connectivity index (χ0n) is 12.5. The molecule has 0 aliphatic carbocycles. The molecular weight excluding hydrogens is 258 g/mol. The van der Waals surface area contributed by atoms with Gasteiger partial charge < -0.3 is 14.2 Å². The lowest BCUT2D eigenvalue weighted by Crippen LogP contribution is -2.39. The Kier molecular flexibility index (Phi) is 8.13. The molecule has 0 spiro atoms. The van der Waals surface area contributed by atoms with Crippen LogP contribution in [-0.2, 0) is 9.47 Å². The maximum absolute atomic E-state index is 5.64. The highest BCUT2D eigenvalue weighted by atomic mass is 16.7. The molecule has 0 saturated carbocycles. The first kappa shape index (κ1) is 16.8. The minimum absolute atomic E-state index is 0.299. The first-order chi connectivity index (χ1) is 9.76. The minimum Gasteiger partial charge on any atom is -0.492 e. The quantitative estimate of drug-likeness (QED) is 0.387. The van der Waals surface area contributed by atoms with E-state index in [0.717, 1.165) is 17.7 Å². The van der Waals surface area contributed by atoms with E-state index in [1.54, 1.807) is 12.4 Å². The summed E-state index contributed by atoms with van der Waals surface area (Å²) in [6.07, 6.45) is 3.90. The molecule has 0 bridgehead atoms. The normalized spacial score (nSPS) is 12.7. The third kappa shape index (κ3) is 5.05. The minimum atomic E-state index is -0.460. The van der Waals surface area contributed by atoms with Gasteiger partial charge in [0, 0.05) is 19.4 Å². The summed E-state index contributed by atoms with van der Waals surface area (Å²) in [7, 11) is 0. The Morgan fingerprint density at radius 3 is 2.45 bits per heavy atom. The van der Waals surface area contributed by atoms with Crippen molar-refractivity contribution in [2.24, 2.45) is 5.84 Å². The molecule has 1 aromatic rings. The summed E-state index contributed by atoms with van der Waals surface area (Å²) in [6, 6.07) is 1.60. The van der Waals surface area contributed by atoms with Crippen LogP contribution in [0.15, 0.2) is 18.5 Å². The van der Waals surface area contributed by atoms with E-state index in [1.807, 2.05) is 19.9 Å². The Bertz CT molecular complexity index is 370. The molecule has 6 nitrogen and oxygen atoms in total. The summed E-state index contributed by atoms with van der Waals surface area (Å²) >= 11 is 0. The van der Waals surface area contributed by atoms with Gasteiger partial charge in [-0.15, -0.1) is 0 Å². The topological polar surface area (TPSA) is 78.6 Å². The number of ether oxygens (including phenoxy) is 3. The largest absolute Gasteiger partial charge is 0.492 e. The van der Waals surface area contributed by atoms with Crippen LogP contribution in [0.2, 0.25) is 0 Å². The number of pyridine rings is 1. The lowest BCUT2D eigenvalue weighted by molar-refractivity contribution is -0.155. The van der Waals surface area contributed by atoms with Crippen LogP contribution in [0.3, 0.4) is 0 Å². The highest BCUT2D eigenvalue weighted by Gasteiger charge is 2.23. The average molecular weight is 283 g/mol. The molecule has 0 fully saturated rings. The number of nitrogens with zero attached hydrogens (tertiary/aromatic N) is 1. The molecule has 1 unspecified atom stereocenters. The summed E-state index contributed by atoms with van der Waals surface area (Å²) in [5.41, 5.74) is 3.59. The van der Waals surface area contributed by atoms with Gasteiger partial charge in [-0.2, -0.15) is 0 Å². The van der Waals surface area contributed by atoms with Crippen molar-refractivity contribution >= 4 is 0 Å². The second kappa shape index (κ2) is 9.66. The Balaban J connectivity index is 2.86. The van der Waals surface area contributed by atoms with Crippen LogP contribution < -0.4 is 16.0 Å². The second-order valence-electron chi connectivity index (χ2n) is 4.23. The van der Waals surface area contributed by atoms with Gasteiger partial charge in [-0.25, -0.2) is 5.43 Å². The maximum atomic E-state index is 5.64. The predicted octanol–water partition coefficient (Wildman–Crippen LogP) is 1.77. The van der Waals surface area contributed by atoms with Crippen molar-refractivity contribution in [2.45, 2.75) is 39.5 Å². The van der Waals surface area contributed by atoms with E-state index in [0.29, 0.717) is 19.8 Å². The predicted molar refractivity (Wildman–Crippen MR) is 77.1 cm³/mol. The van der Waals surface area contributed by atoms with Crippen LogP contribution in [0.25, 0.3) is 0 Å². The molecule has 0 radical (unpaired) electrons. The molecule has 114 valence electrons. The molecular formula is C14H25N3O3. The van der Waals surface area contributed by atoms with Gasteiger partial charge in [0.05, 0.1) is 18.8 Å². The van der Waals surface area contributed by atoms with E-state index < -0.39 is 6.29 Å². The van der Waals surface area contributed by atoms with Crippen LogP contribution >= 0.6 is 0 Å². The molecule has 0 amide bonds. The van der Waals surface area contributed by atoms with Crippen molar-refractivity contribution < 1.29 is 14.2 Å². The first-order valence-electron chi connectivity index (χ1n) is 7.03. The second-order valence-corrected chi connectivity index (χ2v) is 4.23. The van der Waals surface area contributed by atoms with E-state index in [4.69, 9.17) is 20.1 Å². The fourth-order valence-electron chi connectivity index (χ4n) is 1.81. The molecule has 1 aromatic heterocycles. The van der Waals surface area contributed by atoms with Gasteiger partial charge >= 0.3 is 0 Å². The number of aromatic nitrogens is 1. The standard InChI is InChI=1S/C14H25N3O3/c1-4-7-20-12-8-11(9-16-10-12)13(17-15)14(18-5-2)19-6-3/h8-10,13-14,17H,4-7,15H2,1-3H3. The van der Waals surface area contributed by atoms with Crippen molar-refractivity contribution in [3.05, 3.63) is 24.0 Å². The van der Waals surface area contributed by atoms with Crippen molar-refractivity contribution in [1.82, 2.24) is 10.4 Å². The first-order valence-corrected chi connectivity index (χ1v) is 7.03. The van der Waals surface area contributed by atoms with Crippen molar-refractivity contribution in [2.75, 3.05) is 19.8 Å². The van der Waals surface area contributed by atoms with E-state index in [-0.39, 0.29) is 6.04 Å². The zero-order valence-corrected chi connectivity index (χ0v) is 12.5. The molecule has 0 aliphatic heterocycles. The van der Waals surface area contributed by atoms with Crippen LogP contribution in [0.1, 0.15) is 38.8 Å². The highest BCUT2D eigenvalue weighted by Crippen LogP contribution is 2.22. The lowest BCUT2D eigenvalue weighted by Gasteiger charge is -2.26. The molecule has 6 heteroatoms. The fourth-order valence-corrected chi connectivity index (χ4v) is 1.81. The van der Waals surface area contributed by atoms with Gasteiger partial charge in [-0.3, -0.25) is 10.8 Å². The molecule has 20 heavy (non-hydrogen) atoms. The van der Waals surface area contributed by atoms with E-state index in [9.17, 15) is 0 Å². The number of hydrazine groups is 1. The summed E-state index contributed by atoms with van der Waals surface area (Å²) < 4.78 is 16.7. The Labute approximate surface area is 120 Å². The number of nitrogens with two attached hydrogens (primary N) is 1. The van der Waals surface area contributed by atoms with Crippen LogP contribution in [0.4, 0.5) is 0 Å². The number of hydrogen-bond acceptors (Lipinski definition) is 6. The smallest absolute Gasteiger partial charge is 0.178 e. The summed E-state index contributed by atoms with van der Waals surface area (Å²) in [5.74, 6) is 6.36. The van der Waals surface area contributed by atoms with E-state index in [2.05, 4.69) is 17.3 Å². The van der Waals surface area contributed by atoms with Gasteiger partial charge in [0.1, 0.15) is 5.75 Å². The van der Waals surface area contributed by atoms with Crippen molar-refractivity contribution in [3.8, 4) is 5.75 Å². The molecule has 3 N–H and O–H groups in total. The highest BCUT2D eigenvalue weighted by molar-refractivity contribution is 5.26. The van der Waals surface area contributed by atoms with Crippen LogP contribution in [0, 0.1) is 0 Å². The zero-order chi connectivity index (χ0) is 14.8. The van der Waals surface area contributed by atoms with Gasteiger partial charge in [0.15, 0.2) is 6.29 Å². The van der Waals surface area contributed by atoms with Gasteiger partial charge in [0.2, 0.25) is 0 Å². The Hall–Kier alpha value is -1.21. The summed E-state index contributed by atoms with van der Waals surface area (Å²) in [4.78, 5) is 4.18. The van der Waals surface area contributed by atoms with E-state index >= 15 is 0 Å². The molecule has 0 aliphatic rings. The third-order valence-corrected chi connectivity index (χ3v) is 2.68. The lowest BCUT2D eigenvalue weighted by atomic mass is 10.1. The summed E-state index contributed by atoms with van der Waals surface area (Å²) in [5, 5.41) is 0. The maximum Gasteiger partial charge on any atom is 0.178 e. The summed E-state index contributed by atoms with van der Waals surface area (Å²) in [6.45, 7) is 7.63. The number of rotatable bonds is 10. The average Bonchev–Trinajstić information content (AvgIpc) is 2.47. The van der Waals surface area contributed by atoms with Gasteiger partial charge in [0.25, 0.3) is 0 Å². The van der Waals surface area contributed by atoms with E-state index in [1.165, 1.54) is 0 Å². The monoisotopic (exact) mass is 283 g/mol. The molecule has 1 rings (SSSR count). The van der Waals surface area contributed by atoms with Crippen LogP contribution in [-0.4, -0.2) is 31.1 Å². The molecule has 1 heterocycles. The van der Waals surface area contributed by atoms with Gasteiger partial charge in [-0.1, -0.05) is 6.92 Å². The Morgan fingerprint density at radius 2 is 1.90 bits per heavy atom. The third-order valence-electron chi connectivity index (χ3n) is 2.68. The SMILES string of the molecule is CCCOc1cncc(C(NN)C(OCC)OCC)c1. The van der Waals surface area contributed by atoms with Crippen molar-refractivity contribution in [3.63, 3.8) is 0 Å². The number of hydrogen-bond donors (Lipinski definition) is 2. The van der Waals surface area contributed by atoms with Crippen molar-refractivity contribution in [1.29, 1.82) is 0 Å². The Morgan fingerprint density at radius 1 is 1.20 bits per heavy atom. The number of nitrogens with one attached hydrogen (secondary N) is 1. The van der Waals surface area contributed by atoms with Crippen LogP contribution in [0.5, 0.6) is 5.75 Å². The molecule has 0 saturated heterocycles. The molecule has 1 atom stereocenters. The fraction of sp³-hybridized carbons (Fsp3) is 0.643.